The molecular formula is C16H32N2O. The van der Waals surface area contributed by atoms with Gasteiger partial charge >= 0.3 is 0 Å². The second kappa shape index (κ2) is 8.23. The van der Waals surface area contributed by atoms with Crippen molar-refractivity contribution in [2.24, 2.45) is 0 Å². The first kappa shape index (κ1) is 15.3. The van der Waals surface area contributed by atoms with Gasteiger partial charge in [-0.2, -0.15) is 0 Å². The van der Waals surface area contributed by atoms with Crippen molar-refractivity contribution in [2.75, 3.05) is 39.3 Å². The van der Waals surface area contributed by atoms with Crippen LogP contribution in [0.25, 0.3) is 0 Å². The Morgan fingerprint density at radius 1 is 1.00 bits per heavy atom. The number of ether oxygens (including phenoxy) is 1. The zero-order valence-corrected chi connectivity index (χ0v) is 12.9. The number of likely N-dealkylation sites (tertiary alicyclic amines) is 2. The second-order valence-electron chi connectivity index (χ2n) is 6.44. The highest BCUT2D eigenvalue weighted by molar-refractivity contribution is 4.81. The third-order valence-corrected chi connectivity index (χ3v) is 4.53. The van der Waals surface area contributed by atoms with Crippen LogP contribution >= 0.6 is 0 Å². The van der Waals surface area contributed by atoms with Crippen molar-refractivity contribution in [3.05, 3.63) is 0 Å². The maximum Gasteiger partial charge on any atom is 0.0518 e. The van der Waals surface area contributed by atoms with Crippen LogP contribution in [-0.2, 0) is 4.74 Å². The molecule has 0 amide bonds. The average molecular weight is 268 g/mol. The zero-order chi connectivity index (χ0) is 13.5. The molecule has 2 aliphatic rings. The third-order valence-electron chi connectivity index (χ3n) is 4.53. The maximum atomic E-state index is 5.61. The van der Waals surface area contributed by atoms with Crippen molar-refractivity contribution in [1.82, 2.24) is 9.80 Å². The van der Waals surface area contributed by atoms with Gasteiger partial charge in [0.1, 0.15) is 0 Å². The fraction of sp³-hybridized carbons (Fsp3) is 1.00. The van der Waals surface area contributed by atoms with Crippen LogP contribution < -0.4 is 0 Å². The fourth-order valence-electron chi connectivity index (χ4n) is 3.40. The predicted molar refractivity (Wildman–Crippen MR) is 80.6 cm³/mol. The molecule has 19 heavy (non-hydrogen) atoms. The minimum absolute atomic E-state index is 0.379. The minimum atomic E-state index is 0.379. The highest BCUT2D eigenvalue weighted by Gasteiger charge is 2.25. The van der Waals surface area contributed by atoms with E-state index in [0.29, 0.717) is 6.10 Å². The van der Waals surface area contributed by atoms with E-state index >= 15 is 0 Å². The lowest BCUT2D eigenvalue weighted by molar-refractivity contribution is 0.0599. The lowest BCUT2D eigenvalue weighted by Crippen LogP contribution is -2.46. The molecule has 0 unspecified atom stereocenters. The van der Waals surface area contributed by atoms with Crippen molar-refractivity contribution < 1.29 is 4.74 Å². The van der Waals surface area contributed by atoms with Gasteiger partial charge in [-0.1, -0.05) is 6.42 Å². The first-order valence-electron chi connectivity index (χ1n) is 8.33. The normalized spacial score (nSPS) is 24.2. The van der Waals surface area contributed by atoms with Gasteiger partial charge in [0.2, 0.25) is 0 Å². The molecule has 2 saturated heterocycles. The average Bonchev–Trinajstić information content (AvgIpc) is 2.45. The first-order valence-corrected chi connectivity index (χ1v) is 8.33. The van der Waals surface area contributed by atoms with Gasteiger partial charge in [-0.25, -0.2) is 0 Å². The standard InChI is InChI=1S/C16H32N2O/c1-15(2)19-14-6-9-17-12-7-16(8-13-17)18-10-4-3-5-11-18/h15-16H,3-14H2,1-2H3. The van der Waals surface area contributed by atoms with Gasteiger partial charge in [-0.3, -0.25) is 0 Å². The molecule has 0 radical (unpaired) electrons. The maximum absolute atomic E-state index is 5.61. The van der Waals surface area contributed by atoms with Crippen LogP contribution in [0.3, 0.4) is 0 Å². The fourth-order valence-corrected chi connectivity index (χ4v) is 3.40. The topological polar surface area (TPSA) is 15.7 Å². The third kappa shape index (κ3) is 5.41. The molecule has 2 heterocycles. The van der Waals surface area contributed by atoms with E-state index in [9.17, 15) is 0 Å². The van der Waals surface area contributed by atoms with Crippen molar-refractivity contribution >= 4 is 0 Å². The Hall–Kier alpha value is -0.120. The summed E-state index contributed by atoms with van der Waals surface area (Å²) in [6, 6.07) is 0.878. The minimum Gasteiger partial charge on any atom is -0.379 e. The summed E-state index contributed by atoms with van der Waals surface area (Å²) >= 11 is 0. The van der Waals surface area contributed by atoms with Crippen LogP contribution in [0.1, 0.15) is 52.4 Å². The van der Waals surface area contributed by atoms with E-state index in [0.717, 1.165) is 12.6 Å². The molecule has 2 fully saturated rings. The molecule has 0 aliphatic carbocycles. The van der Waals surface area contributed by atoms with E-state index in [1.807, 2.05) is 0 Å². The monoisotopic (exact) mass is 268 g/mol. The number of hydrogen-bond acceptors (Lipinski definition) is 3. The van der Waals surface area contributed by atoms with Crippen molar-refractivity contribution in [1.29, 1.82) is 0 Å². The second-order valence-corrected chi connectivity index (χ2v) is 6.44. The Kier molecular flexibility index (Phi) is 6.62. The van der Waals surface area contributed by atoms with Crippen molar-refractivity contribution in [2.45, 2.75) is 64.5 Å². The Morgan fingerprint density at radius 2 is 1.68 bits per heavy atom. The van der Waals surface area contributed by atoms with E-state index in [1.54, 1.807) is 0 Å². The summed E-state index contributed by atoms with van der Waals surface area (Å²) in [6.07, 6.45) is 8.62. The quantitative estimate of drug-likeness (QED) is 0.689. The Labute approximate surface area is 119 Å². The van der Waals surface area contributed by atoms with E-state index in [1.165, 1.54) is 71.2 Å². The van der Waals surface area contributed by atoms with Crippen LogP contribution in [0.5, 0.6) is 0 Å². The van der Waals surface area contributed by atoms with Gasteiger partial charge in [0, 0.05) is 19.2 Å². The molecule has 112 valence electrons. The summed E-state index contributed by atoms with van der Waals surface area (Å²) in [4.78, 5) is 5.38. The van der Waals surface area contributed by atoms with Crippen LogP contribution in [-0.4, -0.2) is 61.3 Å². The molecule has 2 aliphatic heterocycles. The van der Waals surface area contributed by atoms with Gasteiger partial charge in [0.25, 0.3) is 0 Å². The van der Waals surface area contributed by atoms with Gasteiger partial charge in [0.05, 0.1) is 6.10 Å². The SMILES string of the molecule is CC(C)OCCCN1CCC(N2CCCCC2)CC1. The Morgan fingerprint density at radius 3 is 2.32 bits per heavy atom. The molecule has 0 aromatic carbocycles. The summed E-state index contributed by atoms with van der Waals surface area (Å²) in [5.74, 6) is 0. The van der Waals surface area contributed by atoms with Crippen molar-refractivity contribution in [3.8, 4) is 0 Å². The number of rotatable bonds is 6. The van der Waals surface area contributed by atoms with E-state index < -0.39 is 0 Å². The summed E-state index contributed by atoms with van der Waals surface area (Å²) in [7, 11) is 0. The van der Waals surface area contributed by atoms with Crippen molar-refractivity contribution in [3.63, 3.8) is 0 Å². The van der Waals surface area contributed by atoms with Gasteiger partial charge < -0.3 is 14.5 Å². The van der Waals surface area contributed by atoms with Gasteiger partial charge in [-0.05, 0) is 72.1 Å². The number of nitrogens with zero attached hydrogens (tertiary/aromatic N) is 2. The lowest BCUT2D eigenvalue weighted by atomic mass is 10.00. The molecule has 3 nitrogen and oxygen atoms in total. The summed E-state index contributed by atoms with van der Waals surface area (Å²) < 4.78 is 5.61. The van der Waals surface area contributed by atoms with E-state index in [4.69, 9.17) is 4.74 Å². The highest BCUT2D eigenvalue weighted by atomic mass is 16.5. The van der Waals surface area contributed by atoms with Crippen LogP contribution in [0.2, 0.25) is 0 Å². The molecule has 0 atom stereocenters. The summed E-state index contributed by atoms with van der Waals surface area (Å²) in [5, 5.41) is 0. The number of hydrogen-bond donors (Lipinski definition) is 0. The van der Waals surface area contributed by atoms with Crippen LogP contribution in [0.15, 0.2) is 0 Å². The van der Waals surface area contributed by atoms with Gasteiger partial charge in [0.15, 0.2) is 0 Å². The molecule has 2 rings (SSSR count). The summed E-state index contributed by atoms with van der Waals surface area (Å²) in [6.45, 7) is 11.7. The molecule has 3 heteroatoms. The van der Waals surface area contributed by atoms with E-state index in [-0.39, 0.29) is 0 Å². The van der Waals surface area contributed by atoms with E-state index in [2.05, 4.69) is 23.6 Å². The molecule has 0 aromatic rings. The Bertz CT molecular complexity index is 231. The molecule has 0 saturated carbocycles. The summed E-state index contributed by atoms with van der Waals surface area (Å²) in [5.41, 5.74) is 0. The molecule has 0 aromatic heterocycles. The Balaban J connectivity index is 1.57. The van der Waals surface area contributed by atoms with Crippen LogP contribution in [0.4, 0.5) is 0 Å². The first-order chi connectivity index (χ1) is 9.25. The number of piperidine rings is 2. The molecular weight excluding hydrogens is 236 g/mol. The molecule has 0 N–H and O–H groups in total. The largest absolute Gasteiger partial charge is 0.379 e. The zero-order valence-electron chi connectivity index (χ0n) is 12.9. The lowest BCUT2D eigenvalue weighted by Gasteiger charge is -2.40. The van der Waals surface area contributed by atoms with Gasteiger partial charge in [-0.15, -0.1) is 0 Å². The molecule has 0 spiro atoms. The smallest absolute Gasteiger partial charge is 0.0518 e. The van der Waals surface area contributed by atoms with Crippen LogP contribution in [0, 0.1) is 0 Å². The highest BCUT2D eigenvalue weighted by Crippen LogP contribution is 2.20. The molecule has 0 bridgehead atoms. The predicted octanol–water partition coefficient (Wildman–Crippen LogP) is 2.75.